The second kappa shape index (κ2) is 3.06. The van der Waals surface area contributed by atoms with E-state index in [-0.39, 0.29) is 0 Å². The second-order valence-corrected chi connectivity index (χ2v) is 3.25. The van der Waals surface area contributed by atoms with Crippen molar-refractivity contribution in [1.82, 2.24) is 0 Å². The van der Waals surface area contributed by atoms with Gasteiger partial charge in [0.15, 0.2) is 0 Å². The zero-order valence-corrected chi connectivity index (χ0v) is 7.53. The van der Waals surface area contributed by atoms with Crippen molar-refractivity contribution in [1.29, 1.82) is 0 Å². The first-order valence-corrected chi connectivity index (χ1v) is 4.41. The minimum atomic E-state index is 0.293. The Bertz CT molecular complexity index is 383. The lowest BCUT2D eigenvalue weighted by molar-refractivity contribution is 1.02. The molecule has 0 heterocycles. The van der Waals surface area contributed by atoms with Crippen molar-refractivity contribution in [2.24, 2.45) is 0 Å². The molecule has 1 aliphatic carbocycles. The minimum absolute atomic E-state index is 0.293. The molecule has 2 rings (SSSR count). The number of rotatable bonds is 1. The third-order valence-electron chi connectivity index (χ3n) is 2.44. The summed E-state index contributed by atoms with van der Waals surface area (Å²) in [5.41, 5.74) is 3.71. The molecule has 1 aromatic carbocycles. The van der Waals surface area contributed by atoms with Gasteiger partial charge in [0.2, 0.25) is 0 Å². The number of hydrogen-bond donors (Lipinski definition) is 0. The van der Waals surface area contributed by atoms with E-state index in [0.717, 1.165) is 5.57 Å². The molecule has 0 aromatic heterocycles. The van der Waals surface area contributed by atoms with E-state index < -0.39 is 0 Å². The molecule has 64 valence electrons. The van der Waals surface area contributed by atoms with Crippen LogP contribution in [0.15, 0.2) is 55.1 Å². The summed E-state index contributed by atoms with van der Waals surface area (Å²) in [5.74, 6) is 0.293. The first-order valence-electron chi connectivity index (χ1n) is 4.41. The fraction of sp³-hybridized carbons (Fsp3) is 0.0769. The quantitative estimate of drug-likeness (QED) is 0.563. The van der Waals surface area contributed by atoms with Gasteiger partial charge >= 0.3 is 0 Å². The van der Waals surface area contributed by atoms with Crippen LogP contribution in [0.1, 0.15) is 17.0 Å². The van der Waals surface area contributed by atoms with Gasteiger partial charge in [-0.1, -0.05) is 49.1 Å². The van der Waals surface area contributed by atoms with E-state index >= 15 is 0 Å². The molecule has 0 fully saturated rings. The van der Waals surface area contributed by atoms with Crippen LogP contribution in [-0.2, 0) is 0 Å². The summed E-state index contributed by atoms with van der Waals surface area (Å²) < 4.78 is 0. The van der Waals surface area contributed by atoms with Gasteiger partial charge in [-0.2, -0.15) is 0 Å². The van der Waals surface area contributed by atoms with Gasteiger partial charge < -0.3 is 0 Å². The third kappa shape index (κ3) is 1.25. The molecule has 1 unspecified atom stereocenters. The van der Waals surface area contributed by atoms with Crippen molar-refractivity contribution in [3.05, 3.63) is 66.3 Å². The predicted molar refractivity (Wildman–Crippen MR) is 57.6 cm³/mol. The standard InChI is InChI=1S/C13H12/c1-3-12-10(2)8-9-11-6-4-5-7-13(11)12/h3-9,12H,1-2H2. The van der Waals surface area contributed by atoms with Gasteiger partial charge in [0.05, 0.1) is 0 Å². The molecule has 0 bridgehead atoms. The molecule has 0 nitrogen and oxygen atoms in total. The summed E-state index contributed by atoms with van der Waals surface area (Å²) in [4.78, 5) is 0. The van der Waals surface area contributed by atoms with Crippen LogP contribution in [0.2, 0.25) is 0 Å². The van der Waals surface area contributed by atoms with Crippen LogP contribution in [0.3, 0.4) is 0 Å². The van der Waals surface area contributed by atoms with Crippen molar-refractivity contribution in [3.8, 4) is 0 Å². The lowest BCUT2D eigenvalue weighted by Crippen LogP contribution is -2.02. The van der Waals surface area contributed by atoms with Crippen molar-refractivity contribution in [2.75, 3.05) is 0 Å². The molecule has 1 aromatic rings. The third-order valence-corrected chi connectivity index (χ3v) is 2.44. The van der Waals surface area contributed by atoms with E-state index in [2.05, 4.69) is 49.6 Å². The van der Waals surface area contributed by atoms with Gasteiger partial charge in [0.1, 0.15) is 0 Å². The highest BCUT2D eigenvalue weighted by atomic mass is 14.2. The van der Waals surface area contributed by atoms with Crippen LogP contribution in [-0.4, -0.2) is 0 Å². The van der Waals surface area contributed by atoms with Gasteiger partial charge in [-0.05, 0) is 16.7 Å². The molecule has 0 amide bonds. The van der Waals surface area contributed by atoms with E-state index in [1.165, 1.54) is 11.1 Å². The summed E-state index contributed by atoms with van der Waals surface area (Å²) in [5, 5.41) is 0. The zero-order chi connectivity index (χ0) is 9.26. The summed E-state index contributed by atoms with van der Waals surface area (Å²) in [6.45, 7) is 7.85. The summed E-state index contributed by atoms with van der Waals surface area (Å²) in [6, 6.07) is 8.37. The molecule has 0 saturated heterocycles. The molecular formula is C13H12. The van der Waals surface area contributed by atoms with Crippen LogP contribution >= 0.6 is 0 Å². The van der Waals surface area contributed by atoms with Gasteiger partial charge in [-0.15, -0.1) is 6.58 Å². The Kier molecular flexibility index (Phi) is 1.90. The maximum absolute atomic E-state index is 4.01. The maximum atomic E-state index is 4.01. The Morgan fingerprint density at radius 1 is 1.15 bits per heavy atom. The Balaban J connectivity index is 2.59. The van der Waals surface area contributed by atoms with Gasteiger partial charge in [0.25, 0.3) is 0 Å². The van der Waals surface area contributed by atoms with E-state index in [0.29, 0.717) is 5.92 Å². The fourth-order valence-corrected chi connectivity index (χ4v) is 1.72. The number of fused-ring (bicyclic) bond motifs is 1. The molecule has 0 aliphatic heterocycles. The predicted octanol–water partition coefficient (Wildman–Crippen LogP) is 3.54. The van der Waals surface area contributed by atoms with Crippen LogP contribution < -0.4 is 0 Å². The Morgan fingerprint density at radius 3 is 2.69 bits per heavy atom. The first kappa shape index (κ1) is 8.06. The highest BCUT2D eigenvalue weighted by molar-refractivity contribution is 5.64. The normalized spacial score (nSPS) is 19.7. The highest BCUT2D eigenvalue weighted by Crippen LogP contribution is 2.32. The lowest BCUT2D eigenvalue weighted by atomic mass is 9.84. The van der Waals surface area contributed by atoms with E-state index in [1.807, 2.05) is 6.08 Å². The van der Waals surface area contributed by atoms with Crippen LogP contribution in [0.25, 0.3) is 6.08 Å². The second-order valence-electron chi connectivity index (χ2n) is 3.25. The molecule has 1 atom stereocenters. The minimum Gasteiger partial charge on any atom is -0.102 e. The smallest absolute Gasteiger partial charge is 0.0267 e. The average molecular weight is 168 g/mol. The average Bonchev–Trinajstić information content (AvgIpc) is 2.18. The highest BCUT2D eigenvalue weighted by Gasteiger charge is 2.15. The van der Waals surface area contributed by atoms with Gasteiger partial charge in [-0.3, -0.25) is 0 Å². The Morgan fingerprint density at radius 2 is 1.92 bits per heavy atom. The van der Waals surface area contributed by atoms with Crippen molar-refractivity contribution >= 4 is 6.08 Å². The van der Waals surface area contributed by atoms with Crippen LogP contribution in [0.4, 0.5) is 0 Å². The summed E-state index contributed by atoms with van der Waals surface area (Å²) >= 11 is 0. The number of benzene rings is 1. The Labute approximate surface area is 78.9 Å². The molecule has 0 N–H and O–H groups in total. The Hall–Kier alpha value is -1.56. The molecule has 1 aliphatic rings. The first-order chi connectivity index (χ1) is 6.33. The number of allylic oxidation sites excluding steroid dienone is 3. The molecule has 0 spiro atoms. The van der Waals surface area contributed by atoms with E-state index in [1.54, 1.807) is 0 Å². The molecular weight excluding hydrogens is 156 g/mol. The van der Waals surface area contributed by atoms with E-state index in [4.69, 9.17) is 0 Å². The largest absolute Gasteiger partial charge is 0.102 e. The molecule has 13 heavy (non-hydrogen) atoms. The maximum Gasteiger partial charge on any atom is 0.0267 e. The monoisotopic (exact) mass is 168 g/mol. The molecule has 0 radical (unpaired) electrons. The topological polar surface area (TPSA) is 0 Å². The van der Waals surface area contributed by atoms with Crippen LogP contribution in [0.5, 0.6) is 0 Å². The van der Waals surface area contributed by atoms with Crippen molar-refractivity contribution in [3.63, 3.8) is 0 Å². The number of hydrogen-bond acceptors (Lipinski definition) is 0. The molecule has 0 heteroatoms. The van der Waals surface area contributed by atoms with E-state index in [9.17, 15) is 0 Å². The SMILES string of the molecule is C=CC1C(=C)C=Cc2ccccc21. The van der Waals surface area contributed by atoms with Crippen LogP contribution in [0, 0.1) is 0 Å². The summed E-state index contributed by atoms with van der Waals surface area (Å²) in [6.07, 6.45) is 6.12. The van der Waals surface area contributed by atoms with Crippen molar-refractivity contribution in [2.45, 2.75) is 5.92 Å². The fourth-order valence-electron chi connectivity index (χ4n) is 1.72. The summed E-state index contributed by atoms with van der Waals surface area (Å²) in [7, 11) is 0. The van der Waals surface area contributed by atoms with Gasteiger partial charge in [0, 0.05) is 5.92 Å². The zero-order valence-electron chi connectivity index (χ0n) is 7.53. The van der Waals surface area contributed by atoms with Gasteiger partial charge in [-0.25, -0.2) is 0 Å². The van der Waals surface area contributed by atoms with Crippen molar-refractivity contribution < 1.29 is 0 Å². The molecule has 0 saturated carbocycles. The lowest BCUT2D eigenvalue weighted by Gasteiger charge is -2.20.